The lowest BCUT2D eigenvalue weighted by Crippen LogP contribution is -2.44. The fourth-order valence-corrected chi connectivity index (χ4v) is 1.89. The van der Waals surface area contributed by atoms with E-state index in [4.69, 9.17) is 10.8 Å². The molecule has 0 aliphatic rings. The average Bonchev–Trinajstić information content (AvgIpc) is 2.73. The number of carboxylic acids is 1. The molecule has 6 nitrogen and oxygen atoms in total. The topological polar surface area (TPSA) is 105 Å². The SMILES string of the molecule is CC(C)[C@@H](NC(=O)c1csc(CN)n1)C(=O)O. The average molecular weight is 257 g/mol. The lowest BCUT2D eigenvalue weighted by molar-refractivity contribution is -0.140. The van der Waals surface area contributed by atoms with Crippen LogP contribution in [0.5, 0.6) is 0 Å². The number of aromatic nitrogens is 1. The maximum atomic E-state index is 11.7. The second-order valence-electron chi connectivity index (χ2n) is 3.86. The first-order valence-corrected chi connectivity index (χ1v) is 6.01. The van der Waals surface area contributed by atoms with Crippen molar-refractivity contribution >= 4 is 23.2 Å². The first-order valence-electron chi connectivity index (χ1n) is 5.13. The predicted octanol–water partition coefficient (Wildman–Crippen LogP) is 0.441. The summed E-state index contributed by atoms with van der Waals surface area (Å²) in [6.45, 7) is 3.72. The first kappa shape index (κ1) is 13.6. The molecule has 1 heterocycles. The molecule has 1 rings (SSSR count). The number of nitrogens with zero attached hydrogens (tertiary/aromatic N) is 1. The molecule has 0 aliphatic heterocycles. The molecule has 0 fully saturated rings. The van der Waals surface area contributed by atoms with Gasteiger partial charge in [0.1, 0.15) is 16.7 Å². The van der Waals surface area contributed by atoms with Crippen molar-refractivity contribution < 1.29 is 14.7 Å². The van der Waals surface area contributed by atoms with E-state index in [1.807, 2.05) is 0 Å². The van der Waals surface area contributed by atoms with Gasteiger partial charge in [0.25, 0.3) is 5.91 Å². The molecule has 0 unspecified atom stereocenters. The molecule has 0 saturated carbocycles. The highest BCUT2D eigenvalue weighted by Crippen LogP contribution is 2.10. The van der Waals surface area contributed by atoms with Crippen LogP contribution in [0.2, 0.25) is 0 Å². The molecule has 17 heavy (non-hydrogen) atoms. The van der Waals surface area contributed by atoms with E-state index in [-0.39, 0.29) is 18.2 Å². The van der Waals surface area contributed by atoms with E-state index in [1.165, 1.54) is 11.3 Å². The van der Waals surface area contributed by atoms with Crippen molar-refractivity contribution in [3.63, 3.8) is 0 Å². The molecule has 1 aromatic rings. The molecular weight excluding hydrogens is 242 g/mol. The van der Waals surface area contributed by atoms with Gasteiger partial charge in [-0.05, 0) is 5.92 Å². The number of nitrogens with one attached hydrogen (secondary N) is 1. The third-order valence-electron chi connectivity index (χ3n) is 2.18. The zero-order valence-corrected chi connectivity index (χ0v) is 10.5. The van der Waals surface area contributed by atoms with E-state index in [2.05, 4.69) is 10.3 Å². The lowest BCUT2D eigenvalue weighted by atomic mass is 10.0. The zero-order valence-electron chi connectivity index (χ0n) is 9.64. The molecule has 1 aromatic heterocycles. The van der Waals surface area contributed by atoms with Gasteiger partial charge in [0.2, 0.25) is 0 Å². The Bertz CT molecular complexity index is 417. The van der Waals surface area contributed by atoms with Gasteiger partial charge < -0.3 is 16.2 Å². The Morgan fingerprint density at radius 3 is 2.65 bits per heavy atom. The second kappa shape index (κ2) is 5.74. The van der Waals surface area contributed by atoms with Crippen LogP contribution in [0.25, 0.3) is 0 Å². The van der Waals surface area contributed by atoms with Crippen LogP contribution in [0.3, 0.4) is 0 Å². The van der Waals surface area contributed by atoms with Gasteiger partial charge in [0.05, 0.1) is 0 Å². The van der Waals surface area contributed by atoms with E-state index in [1.54, 1.807) is 19.2 Å². The van der Waals surface area contributed by atoms with Crippen LogP contribution in [0.4, 0.5) is 0 Å². The van der Waals surface area contributed by atoms with Crippen molar-refractivity contribution in [1.29, 1.82) is 0 Å². The molecule has 1 atom stereocenters. The predicted molar refractivity (Wildman–Crippen MR) is 63.7 cm³/mol. The Kier molecular flexibility index (Phi) is 4.59. The van der Waals surface area contributed by atoms with E-state index >= 15 is 0 Å². The molecule has 0 aromatic carbocycles. The van der Waals surface area contributed by atoms with Crippen molar-refractivity contribution in [3.05, 3.63) is 16.1 Å². The van der Waals surface area contributed by atoms with Gasteiger partial charge in [-0.2, -0.15) is 0 Å². The third-order valence-corrected chi connectivity index (χ3v) is 3.05. The molecule has 0 saturated heterocycles. The fraction of sp³-hybridized carbons (Fsp3) is 0.500. The summed E-state index contributed by atoms with van der Waals surface area (Å²) in [5.41, 5.74) is 5.59. The maximum Gasteiger partial charge on any atom is 0.326 e. The molecule has 7 heteroatoms. The molecule has 0 bridgehead atoms. The minimum atomic E-state index is -1.05. The highest BCUT2D eigenvalue weighted by molar-refractivity contribution is 7.09. The number of carboxylic acid groups (broad SMARTS) is 1. The molecule has 4 N–H and O–H groups in total. The van der Waals surface area contributed by atoms with Crippen molar-refractivity contribution in [2.75, 3.05) is 0 Å². The zero-order chi connectivity index (χ0) is 13.0. The number of hydrogen-bond acceptors (Lipinski definition) is 5. The molecule has 94 valence electrons. The number of amides is 1. The van der Waals surface area contributed by atoms with Gasteiger partial charge in [-0.25, -0.2) is 9.78 Å². The summed E-state index contributed by atoms with van der Waals surface area (Å²) < 4.78 is 0. The van der Waals surface area contributed by atoms with Crippen LogP contribution in [-0.2, 0) is 11.3 Å². The van der Waals surface area contributed by atoms with Gasteiger partial charge in [-0.15, -0.1) is 11.3 Å². The molecular formula is C10H15N3O3S. The van der Waals surface area contributed by atoms with Crippen molar-refractivity contribution in [1.82, 2.24) is 10.3 Å². The smallest absolute Gasteiger partial charge is 0.326 e. The lowest BCUT2D eigenvalue weighted by Gasteiger charge is -2.16. The third kappa shape index (κ3) is 3.50. The number of thiazole rings is 1. The maximum absolute atomic E-state index is 11.7. The van der Waals surface area contributed by atoms with Gasteiger partial charge in [0, 0.05) is 11.9 Å². The van der Waals surface area contributed by atoms with Crippen LogP contribution in [0.15, 0.2) is 5.38 Å². The monoisotopic (exact) mass is 257 g/mol. The van der Waals surface area contributed by atoms with Gasteiger partial charge in [-0.3, -0.25) is 4.79 Å². The number of rotatable bonds is 5. The molecule has 0 spiro atoms. The highest BCUT2D eigenvalue weighted by Gasteiger charge is 2.24. The number of carbonyl (C=O) groups excluding carboxylic acids is 1. The van der Waals surface area contributed by atoms with Crippen LogP contribution in [0, 0.1) is 5.92 Å². The number of nitrogens with two attached hydrogens (primary N) is 1. The summed E-state index contributed by atoms with van der Waals surface area (Å²) in [7, 11) is 0. The largest absolute Gasteiger partial charge is 0.480 e. The van der Waals surface area contributed by atoms with E-state index in [9.17, 15) is 9.59 Å². The van der Waals surface area contributed by atoms with Gasteiger partial charge in [0.15, 0.2) is 0 Å². The van der Waals surface area contributed by atoms with E-state index in [0.29, 0.717) is 5.01 Å². The second-order valence-corrected chi connectivity index (χ2v) is 4.81. The summed E-state index contributed by atoms with van der Waals surface area (Å²) in [5.74, 6) is -1.73. The van der Waals surface area contributed by atoms with Crippen LogP contribution >= 0.6 is 11.3 Å². The van der Waals surface area contributed by atoms with Crippen molar-refractivity contribution in [2.24, 2.45) is 11.7 Å². The normalized spacial score (nSPS) is 12.5. The highest BCUT2D eigenvalue weighted by atomic mass is 32.1. The number of hydrogen-bond donors (Lipinski definition) is 3. The van der Waals surface area contributed by atoms with Crippen molar-refractivity contribution in [2.45, 2.75) is 26.4 Å². The van der Waals surface area contributed by atoms with E-state index in [0.717, 1.165) is 0 Å². The van der Waals surface area contributed by atoms with Crippen LogP contribution < -0.4 is 11.1 Å². The standard InChI is InChI=1S/C10H15N3O3S/c1-5(2)8(10(15)16)13-9(14)6-4-17-7(3-11)12-6/h4-5,8H,3,11H2,1-2H3,(H,13,14)(H,15,16)/t8-/m1/s1. The Morgan fingerprint density at radius 2 is 2.24 bits per heavy atom. The van der Waals surface area contributed by atoms with Crippen molar-refractivity contribution in [3.8, 4) is 0 Å². The minimum absolute atomic E-state index is 0.191. The van der Waals surface area contributed by atoms with Crippen LogP contribution in [0.1, 0.15) is 29.3 Å². The Hall–Kier alpha value is -1.47. The Labute approximate surface area is 103 Å². The Balaban J connectivity index is 2.73. The summed E-state index contributed by atoms with van der Waals surface area (Å²) in [6, 6.07) is -0.912. The minimum Gasteiger partial charge on any atom is -0.480 e. The first-order chi connectivity index (χ1) is 7.95. The van der Waals surface area contributed by atoms with E-state index < -0.39 is 17.9 Å². The fourth-order valence-electron chi connectivity index (χ4n) is 1.24. The summed E-state index contributed by atoms with van der Waals surface area (Å²) in [6.07, 6.45) is 0. The molecule has 0 radical (unpaired) electrons. The summed E-state index contributed by atoms with van der Waals surface area (Å²) >= 11 is 1.28. The summed E-state index contributed by atoms with van der Waals surface area (Å²) in [4.78, 5) is 26.6. The molecule has 0 aliphatic carbocycles. The quantitative estimate of drug-likeness (QED) is 0.710. The van der Waals surface area contributed by atoms with Gasteiger partial charge >= 0.3 is 5.97 Å². The Morgan fingerprint density at radius 1 is 1.59 bits per heavy atom. The molecule has 1 amide bonds. The summed E-state index contributed by atoms with van der Waals surface area (Å²) in [5, 5.41) is 13.6. The van der Waals surface area contributed by atoms with Gasteiger partial charge in [-0.1, -0.05) is 13.8 Å². The number of carbonyl (C=O) groups is 2. The van der Waals surface area contributed by atoms with Crippen LogP contribution in [-0.4, -0.2) is 28.0 Å². The number of aliphatic carboxylic acids is 1.